The van der Waals surface area contributed by atoms with E-state index in [4.69, 9.17) is 14.2 Å². The summed E-state index contributed by atoms with van der Waals surface area (Å²) in [6.45, 7) is 5.85. The minimum absolute atomic E-state index is 0.126. The average Bonchev–Trinajstić information content (AvgIpc) is 2.74. The van der Waals surface area contributed by atoms with Crippen LogP contribution in [0.5, 0.6) is 0 Å². The summed E-state index contributed by atoms with van der Waals surface area (Å²) in [5.74, 6) is -0.966. The van der Waals surface area contributed by atoms with Gasteiger partial charge in [-0.15, -0.1) is 0 Å². The molecular weight excluding hydrogens is 260 g/mol. The second-order valence-corrected chi connectivity index (χ2v) is 6.22. The van der Waals surface area contributed by atoms with E-state index in [1.54, 1.807) is 0 Å². The number of carbonyl (C=O) groups is 2. The lowest BCUT2D eigenvalue weighted by Gasteiger charge is -2.23. The first kappa shape index (κ1) is 12.1. The van der Waals surface area contributed by atoms with Gasteiger partial charge in [0.25, 0.3) is 0 Å². The van der Waals surface area contributed by atoms with Crippen LogP contribution in [0.25, 0.3) is 0 Å². The van der Waals surface area contributed by atoms with Gasteiger partial charge in [0.15, 0.2) is 0 Å². The van der Waals surface area contributed by atoms with Crippen LogP contribution in [0.4, 0.5) is 0 Å². The third kappa shape index (κ3) is 1.59. The molecule has 4 rings (SSSR count). The Kier molecular flexibility index (Phi) is 2.26. The maximum absolute atomic E-state index is 11.9. The van der Waals surface area contributed by atoms with Crippen molar-refractivity contribution in [2.75, 3.05) is 0 Å². The number of ether oxygens (including phenoxy) is 3. The zero-order chi connectivity index (χ0) is 14.1. The monoisotopic (exact) mass is 276 g/mol. The molecule has 4 aliphatic rings. The third-order valence-electron chi connectivity index (χ3n) is 4.87. The van der Waals surface area contributed by atoms with Crippen molar-refractivity contribution in [1.82, 2.24) is 0 Å². The minimum atomic E-state index is -0.430. The van der Waals surface area contributed by atoms with Crippen LogP contribution < -0.4 is 0 Å². The molecule has 5 atom stereocenters. The van der Waals surface area contributed by atoms with Gasteiger partial charge in [-0.05, 0) is 25.8 Å². The molecule has 0 amide bonds. The van der Waals surface area contributed by atoms with Gasteiger partial charge < -0.3 is 14.2 Å². The fourth-order valence-electron chi connectivity index (χ4n) is 3.61. The highest BCUT2D eigenvalue weighted by atomic mass is 16.6. The molecule has 0 N–H and O–H groups in total. The number of carbonyl (C=O) groups excluding carboxylic acids is 2. The van der Waals surface area contributed by atoms with Crippen LogP contribution in [-0.4, -0.2) is 35.9 Å². The standard InChI is InChI=1S/C15H16O5/c1-7-12-9-5-8(14(17)18-9)3-4-11-15(2,20-11)6-10(12)19-13(7)16/h5,9-12H,1,3-4,6H2,2H3/t9-,10+,11-,12+,15+/m1/s1. The van der Waals surface area contributed by atoms with Gasteiger partial charge in [0, 0.05) is 17.6 Å². The zero-order valence-corrected chi connectivity index (χ0v) is 11.3. The van der Waals surface area contributed by atoms with E-state index in [-0.39, 0.29) is 29.7 Å². The van der Waals surface area contributed by atoms with Crippen molar-refractivity contribution in [3.63, 3.8) is 0 Å². The molecule has 2 fully saturated rings. The quantitative estimate of drug-likeness (QED) is 0.379. The summed E-state index contributed by atoms with van der Waals surface area (Å²) in [5.41, 5.74) is 0.820. The first-order valence-electron chi connectivity index (χ1n) is 6.97. The number of hydrogen-bond donors (Lipinski definition) is 0. The molecule has 2 bridgehead atoms. The second kappa shape index (κ2) is 3.73. The molecule has 106 valence electrons. The van der Waals surface area contributed by atoms with E-state index in [0.717, 1.165) is 6.42 Å². The highest BCUT2D eigenvalue weighted by molar-refractivity contribution is 5.93. The van der Waals surface area contributed by atoms with Gasteiger partial charge in [0.2, 0.25) is 0 Å². The van der Waals surface area contributed by atoms with E-state index < -0.39 is 12.1 Å². The second-order valence-electron chi connectivity index (χ2n) is 6.22. The van der Waals surface area contributed by atoms with Gasteiger partial charge in [0.1, 0.15) is 12.2 Å². The van der Waals surface area contributed by atoms with Crippen LogP contribution in [0, 0.1) is 5.92 Å². The Morgan fingerprint density at radius 3 is 2.90 bits per heavy atom. The summed E-state index contributed by atoms with van der Waals surface area (Å²) in [7, 11) is 0. The molecular formula is C15H16O5. The first-order valence-corrected chi connectivity index (χ1v) is 6.97. The van der Waals surface area contributed by atoms with Gasteiger partial charge in [-0.3, -0.25) is 0 Å². The molecule has 2 saturated heterocycles. The Balaban J connectivity index is 1.73. The molecule has 0 unspecified atom stereocenters. The minimum Gasteiger partial charge on any atom is -0.458 e. The molecule has 5 nitrogen and oxygen atoms in total. The normalized spacial score (nSPS) is 46.0. The van der Waals surface area contributed by atoms with Crippen molar-refractivity contribution in [2.45, 2.75) is 50.1 Å². The van der Waals surface area contributed by atoms with E-state index in [1.807, 2.05) is 13.0 Å². The van der Waals surface area contributed by atoms with Gasteiger partial charge in [-0.2, -0.15) is 0 Å². The average molecular weight is 276 g/mol. The van der Waals surface area contributed by atoms with Crippen molar-refractivity contribution in [3.8, 4) is 0 Å². The SMILES string of the molecule is C=C1C(=O)O[C@H]2C[C@]3(C)O[C@@H]3CCC3=C[C@@H](OC3=O)[C@H]12. The van der Waals surface area contributed by atoms with Gasteiger partial charge >= 0.3 is 11.9 Å². The van der Waals surface area contributed by atoms with Crippen molar-refractivity contribution >= 4 is 11.9 Å². The lowest BCUT2D eigenvalue weighted by Crippen LogP contribution is -2.32. The van der Waals surface area contributed by atoms with Crippen molar-refractivity contribution in [1.29, 1.82) is 0 Å². The fourth-order valence-corrected chi connectivity index (χ4v) is 3.61. The maximum Gasteiger partial charge on any atom is 0.334 e. The highest BCUT2D eigenvalue weighted by Gasteiger charge is 2.58. The lowest BCUT2D eigenvalue weighted by atomic mass is 9.83. The molecule has 3 aliphatic heterocycles. The largest absolute Gasteiger partial charge is 0.458 e. The zero-order valence-electron chi connectivity index (χ0n) is 11.3. The molecule has 3 heterocycles. The van der Waals surface area contributed by atoms with Crippen LogP contribution in [0.15, 0.2) is 23.8 Å². The van der Waals surface area contributed by atoms with Crippen LogP contribution in [0.3, 0.4) is 0 Å². The van der Waals surface area contributed by atoms with Crippen LogP contribution in [-0.2, 0) is 23.8 Å². The summed E-state index contributed by atoms with van der Waals surface area (Å²) in [4.78, 5) is 23.7. The number of fused-ring (bicyclic) bond motifs is 4. The van der Waals surface area contributed by atoms with E-state index in [2.05, 4.69) is 6.58 Å². The molecule has 0 aromatic carbocycles. The Labute approximate surface area is 116 Å². The smallest absolute Gasteiger partial charge is 0.334 e. The van der Waals surface area contributed by atoms with Gasteiger partial charge in [-0.1, -0.05) is 6.58 Å². The van der Waals surface area contributed by atoms with E-state index in [9.17, 15) is 9.59 Å². The predicted molar refractivity (Wildman–Crippen MR) is 67.6 cm³/mol. The Morgan fingerprint density at radius 1 is 1.30 bits per heavy atom. The summed E-state index contributed by atoms with van der Waals surface area (Å²) < 4.78 is 16.6. The summed E-state index contributed by atoms with van der Waals surface area (Å²) in [6, 6.07) is 0. The molecule has 1 aliphatic carbocycles. The Hall–Kier alpha value is -1.62. The highest BCUT2D eigenvalue weighted by Crippen LogP contribution is 2.49. The van der Waals surface area contributed by atoms with Crippen molar-refractivity contribution in [3.05, 3.63) is 23.8 Å². The van der Waals surface area contributed by atoms with Crippen LogP contribution in [0.1, 0.15) is 26.2 Å². The number of esters is 2. The van der Waals surface area contributed by atoms with Crippen molar-refractivity contribution < 1.29 is 23.8 Å². The molecule has 0 aromatic rings. The molecule has 0 saturated carbocycles. The molecule has 0 radical (unpaired) electrons. The summed E-state index contributed by atoms with van der Waals surface area (Å²) >= 11 is 0. The summed E-state index contributed by atoms with van der Waals surface area (Å²) in [6.07, 6.45) is 3.30. The molecule has 0 aromatic heterocycles. The number of hydrogen-bond acceptors (Lipinski definition) is 5. The lowest BCUT2D eigenvalue weighted by molar-refractivity contribution is -0.143. The molecule has 20 heavy (non-hydrogen) atoms. The third-order valence-corrected chi connectivity index (χ3v) is 4.87. The Bertz CT molecular complexity index is 563. The first-order chi connectivity index (χ1) is 9.48. The van der Waals surface area contributed by atoms with Gasteiger partial charge in [-0.25, -0.2) is 9.59 Å². The Morgan fingerprint density at radius 2 is 2.10 bits per heavy atom. The van der Waals surface area contributed by atoms with Crippen molar-refractivity contribution in [2.24, 2.45) is 5.92 Å². The maximum atomic E-state index is 11.9. The number of epoxide rings is 1. The van der Waals surface area contributed by atoms with Crippen LogP contribution in [0.2, 0.25) is 0 Å². The van der Waals surface area contributed by atoms with E-state index in [1.165, 1.54) is 0 Å². The van der Waals surface area contributed by atoms with Gasteiger partial charge in [0.05, 0.1) is 17.6 Å². The summed E-state index contributed by atoms with van der Waals surface area (Å²) in [5, 5.41) is 0. The van der Waals surface area contributed by atoms with E-state index >= 15 is 0 Å². The van der Waals surface area contributed by atoms with Crippen LogP contribution >= 0.6 is 0 Å². The fraction of sp³-hybridized carbons (Fsp3) is 0.600. The molecule has 5 heteroatoms. The van der Waals surface area contributed by atoms with E-state index in [0.29, 0.717) is 24.0 Å². The topological polar surface area (TPSA) is 65.1 Å². The number of rotatable bonds is 0. The molecule has 0 spiro atoms. The predicted octanol–water partition coefficient (Wildman–Crippen LogP) is 1.28.